The van der Waals surface area contributed by atoms with Crippen LogP contribution in [0.2, 0.25) is 0 Å². The van der Waals surface area contributed by atoms with Gasteiger partial charge in [0, 0.05) is 12.7 Å². The molecule has 0 bridgehead atoms. The van der Waals surface area contributed by atoms with Gasteiger partial charge in [0.1, 0.15) is 5.82 Å². The molecule has 5 heteroatoms. The van der Waals surface area contributed by atoms with Crippen LogP contribution in [0.15, 0.2) is 22.7 Å². The third-order valence-corrected chi connectivity index (χ3v) is 2.50. The number of nitrogens with one attached hydrogen (secondary N) is 1. The zero-order chi connectivity index (χ0) is 10.6. The van der Waals surface area contributed by atoms with Crippen LogP contribution in [0.5, 0.6) is 0 Å². The molecule has 0 fully saturated rings. The summed E-state index contributed by atoms with van der Waals surface area (Å²) in [5.41, 5.74) is 2.99. The molecule has 78 valence electrons. The fourth-order valence-electron chi connectivity index (χ4n) is 1.18. The third kappa shape index (κ3) is 2.51. The number of methoxy groups -OCH3 is 1. The van der Waals surface area contributed by atoms with Crippen molar-refractivity contribution in [3.63, 3.8) is 0 Å². The lowest BCUT2D eigenvalue weighted by Gasteiger charge is -2.16. The van der Waals surface area contributed by atoms with E-state index in [4.69, 9.17) is 10.6 Å². The van der Waals surface area contributed by atoms with Crippen molar-refractivity contribution in [1.82, 2.24) is 5.43 Å². The molecular formula is C9H12BrFN2O. The van der Waals surface area contributed by atoms with Gasteiger partial charge in [-0.3, -0.25) is 11.3 Å². The fraction of sp³-hybridized carbons (Fsp3) is 0.333. The number of nitrogens with two attached hydrogens (primary N) is 1. The Labute approximate surface area is 90.5 Å². The van der Waals surface area contributed by atoms with Gasteiger partial charge in [0.15, 0.2) is 0 Å². The van der Waals surface area contributed by atoms with E-state index in [1.807, 2.05) is 0 Å². The molecule has 0 aliphatic heterocycles. The SMILES string of the molecule is COCC(NN)c1cccc(Br)c1F. The van der Waals surface area contributed by atoms with Crippen molar-refractivity contribution in [1.29, 1.82) is 0 Å². The highest BCUT2D eigenvalue weighted by Gasteiger charge is 2.15. The largest absolute Gasteiger partial charge is 0.383 e. The fourth-order valence-corrected chi connectivity index (χ4v) is 1.57. The predicted molar refractivity (Wildman–Crippen MR) is 56.0 cm³/mol. The van der Waals surface area contributed by atoms with Gasteiger partial charge >= 0.3 is 0 Å². The minimum Gasteiger partial charge on any atom is -0.383 e. The van der Waals surface area contributed by atoms with Crippen molar-refractivity contribution in [3.8, 4) is 0 Å². The van der Waals surface area contributed by atoms with E-state index in [0.29, 0.717) is 16.6 Å². The van der Waals surface area contributed by atoms with Crippen molar-refractivity contribution in [3.05, 3.63) is 34.1 Å². The Hall–Kier alpha value is -0.490. The van der Waals surface area contributed by atoms with Crippen LogP contribution in [0.1, 0.15) is 11.6 Å². The van der Waals surface area contributed by atoms with E-state index in [2.05, 4.69) is 21.4 Å². The van der Waals surface area contributed by atoms with Gasteiger partial charge in [0.2, 0.25) is 0 Å². The first-order chi connectivity index (χ1) is 6.70. The molecule has 0 radical (unpaired) electrons. The minimum absolute atomic E-state index is 0.312. The van der Waals surface area contributed by atoms with E-state index in [1.165, 1.54) is 0 Å². The highest BCUT2D eigenvalue weighted by molar-refractivity contribution is 9.10. The summed E-state index contributed by atoms with van der Waals surface area (Å²) in [7, 11) is 1.54. The third-order valence-electron chi connectivity index (χ3n) is 1.89. The summed E-state index contributed by atoms with van der Waals surface area (Å²) in [4.78, 5) is 0. The van der Waals surface area contributed by atoms with Crippen LogP contribution in [0.4, 0.5) is 4.39 Å². The first kappa shape index (κ1) is 11.6. The molecule has 1 atom stereocenters. The van der Waals surface area contributed by atoms with Gasteiger partial charge in [-0.15, -0.1) is 0 Å². The molecule has 3 nitrogen and oxygen atoms in total. The Kier molecular flexibility index (Phi) is 4.47. The van der Waals surface area contributed by atoms with Crippen LogP contribution < -0.4 is 11.3 Å². The van der Waals surface area contributed by atoms with Gasteiger partial charge < -0.3 is 4.74 Å². The van der Waals surface area contributed by atoms with Crippen molar-refractivity contribution < 1.29 is 9.13 Å². The van der Waals surface area contributed by atoms with Gasteiger partial charge in [0.25, 0.3) is 0 Å². The highest BCUT2D eigenvalue weighted by atomic mass is 79.9. The van der Waals surface area contributed by atoms with Crippen molar-refractivity contribution in [2.24, 2.45) is 5.84 Å². The van der Waals surface area contributed by atoms with Crippen LogP contribution in [0, 0.1) is 5.82 Å². The number of hydrogen-bond donors (Lipinski definition) is 2. The van der Waals surface area contributed by atoms with Crippen LogP contribution >= 0.6 is 15.9 Å². The summed E-state index contributed by atoms with van der Waals surface area (Å²) in [6.45, 7) is 0.323. The second kappa shape index (κ2) is 5.41. The van der Waals surface area contributed by atoms with Crippen molar-refractivity contribution >= 4 is 15.9 Å². The molecule has 0 spiro atoms. The second-order valence-corrected chi connectivity index (χ2v) is 3.67. The Morgan fingerprint density at radius 2 is 2.36 bits per heavy atom. The number of ether oxygens (including phenoxy) is 1. The zero-order valence-electron chi connectivity index (χ0n) is 7.76. The van der Waals surface area contributed by atoms with Gasteiger partial charge in [-0.1, -0.05) is 12.1 Å². The number of rotatable bonds is 4. The van der Waals surface area contributed by atoms with E-state index < -0.39 is 0 Å². The summed E-state index contributed by atoms with van der Waals surface area (Å²) >= 11 is 3.11. The highest BCUT2D eigenvalue weighted by Crippen LogP contribution is 2.23. The standard InChI is InChI=1S/C9H12BrFN2O/c1-14-5-8(13-12)6-3-2-4-7(10)9(6)11/h2-4,8,13H,5,12H2,1H3. The average Bonchev–Trinajstić information content (AvgIpc) is 2.19. The lowest BCUT2D eigenvalue weighted by molar-refractivity contribution is 0.165. The molecule has 0 saturated carbocycles. The first-order valence-corrected chi connectivity index (χ1v) is 4.89. The Bertz CT molecular complexity index is 309. The van der Waals surface area contributed by atoms with E-state index in [9.17, 15) is 4.39 Å². The monoisotopic (exact) mass is 262 g/mol. The lowest BCUT2D eigenvalue weighted by Crippen LogP contribution is -2.31. The van der Waals surface area contributed by atoms with E-state index in [0.717, 1.165) is 0 Å². The maximum Gasteiger partial charge on any atom is 0.142 e. The zero-order valence-corrected chi connectivity index (χ0v) is 9.34. The second-order valence-electron chi connectivity index (χ2n) is 2.82. The first-order valence-electron chi connectivity index (χ1n) is 4.09. The Balaban J connectivity index is 2.97. The molecule has 0 aromatic heterocycles. The molecule has 0 aliphatic rings. The smallest absolute Gasteiger partial charge is 0.142 e. The molecular weight excluding hydrogens is 251 g/mol. The van der Waals surface area contributed by atoms with Crippen LogP contribution in [-0.2, 0) is 4.74 Å². The number of hydrogen-bond acceptors (Lipinski definition) is 3. The quantitative estimate of drug-likeness (QED) is 0.642. The topological polar surface area (TPSA) is 47.3 Å². The van der Waals surface area contributed by atoms with E-state index in [1.54, 1.807) is 25.3 Å². The van der Waals surface area contributed by atoms with Gasteiger partial charge in [-0.2, -0.15) is 0 Å². The summed E-state index contributed by atoms with van der Waals surface area (Å²) in [5.74, 6) is 4.99. The van der Waals surface area contributed by atoms with Crippen molar-refractivity contribution in [2.75, 3.05) is 13.7 Å². The predicted octanol–water partition coefficient (Wildman–Crippen LogP) is 1.74. The van der Waals surface area contributed by atoms with E-state index in [-0.39, 0.29) is 11.9 Å². The molecule has 1 aromatic rings. The van der Waals surface area contributed by atoms with Crippen LogP contribution in [-0.4, -0.2) is 13.7 Å². The van der Waals surface area contributed by atoms with Crippen LogP contribution in [0.3, 0.4) is 0 Å². The summed E-state index contributed by atoms with van der Waals surface area (Å²) in [5, 5.41) is 0. The van der Waals surface area contributed by atoms with Crippen LogP contribution in [0.25, 0.3) is 0 Å². The van der Waals surface area contributed by atoms with Gasteiger partial charge in [-0.05, 0) is 22.0 Å². The number of halogens is 2. The Morgan fingerprint density at radius 3 is 2.93 bits per heavy atom. The van der Waals surface area contributed by atoms with Gasteiger partial charge in [0.05, 0.1) is 17.1 Å². The molecule has 14 heavy (non-hydrogen) atoms. The van der Waals surface area contributed by atoms with Gasteiger partial charge in [-0.25, -0.2) is 4.39 Å². The molecule has 0 aliphatic carbocycles. The number of hydrazine groups is 1. The maximum absolute atomic E-state index is 13.6. The maximum atomic E-state index is 13.6. The molecule has 3 N–H and O–H groups in total. The summed E-state index contributed by atoms with van der Waals surface area (Å²) in [6, 6.07) is 4.73. The molecule has 1 rings (SSSR count). The summed E-state index contributed by atoms with van der Waals surface area (Å²) in [6.07, 6.45) is 0. The Morgan fingerprint density at radius 1 is 1.64 bits per heavy atom. The molecule has 0 saturated heterocycles. The minimum atomic E-state index is -0.336. The lowest BCUT2D eigenvalue weighted by atomic mass is 10.1. The molecule has 0 heterocycles. The molecule has 1 aromatic carbocycles. The average molecular weight is 263 g/mol. The summed E-state index contributed by atoms with van der Waals surface area (Å²) < 4.78 is 18.9. The molecule has 0 amide bonds. The normalized spacial score (nSPS) is 12.9. The van der Waals surface area contributed by atoms with E-state index >= 15 is 0 Å². The molecule has 1 unspecified atom stereocenters. The van der Waals surface area contributed by atoms with Crippen molar-refractivity contribution in [2.45, 2.75) is 6.04 Å². The number of benzene rings is 1.